The molecule has 1 N–H and O–H groups in total. The van der Waals surface area contributed by atoms with Crippen molar-refractivity contribution < 1.29 is 4.39 Å². The number of benzene rings is 2. The minimum absolute atomic E-state index is 0.212. The van der Waals surface area contributed by atoms with Gasteiger partial charge in [0.05, 0.1) is 10.5 Å². The van der Waals surface area contributed by atoms with Crippen LogP contribution in [0.3, 0.4) is 0 Å². The second kappa shape index (κ2) is 5.57. The maximum absolute atomic E-state index is 13.5. The maximum Gasteiger partial charge on any atom is 0.137 e. The largest absolute Gasteiger partial charge is 0.378 e. The minimum Gasteiger partial charge on any atom is -0.378 e. The summed E-state index contributed by atoms with van der Waals surface area (Å²) in [6.07, 6.45) is 2.52. The molecule has 0 spiro atoms. The standard InChI is InChI=1S/C17H17BrFN/c1-11-9-15(19)14(18)10-16(11)20-17(13-7-8-13)12-5-3-2-4-6-12/h2-6,9-10,13,17,20H,7-8H2,1H3. The van der Waals surface area contributed by atoms with E-state index in [0.29, 0.717) is 16.4 Å². The fourth-order valence-electron chi connectivity index (χ4n) is 2.53. The quantitative estimate of drug-likeness (QED) is 0.783. The van der Waals surface area contributed by atoms with E-state index in [1.54, 1.807) is 6.07 Å². The molecule has 0 aliphatic heterocycles. The molecule has 1 aliphatic carbocycles. The monoisotopic (exact) mass is 333 g/mol. The van der Waals surface area contributed by atoms with Gasteiger partial charge in [-0.3, -0.25) is 0 Å². The van der Waals surface area contributed by atoms with Crippen molar-refractivity contribution in [2.75, 3.05) is 5.32 Å². The lowest BCUT2D eigenvalue weighted by molar-refractivity contribution is 0.619. The lowest BCUT2D eigenvalue weighted by atomic mass is 10.0. The number of rotatable bonds is 4. The van der Waals surface area contributed by atoms with Crippen LogP contribution in [0.1, 0.15) is 30.0 Å². The smallest absolute Gasteiger partial charge is 0.137 e. The predicted molar refractivity (Wildman–Crippen MR) is 84.4 cm³/mol. The summed E-state index contributed by atoms with van der Waals surface area (Å²) in [5, 5.41) is 3.60. The topological polar surface area (TPSA) is 12.0 Å². The van der Waals surface area contributed by atoms with E-state index in [1.165, 1.54) is 18.4 Å². The average Bonchev–Trinajstić information content (AvgIpc) is 3.27. The van der Waals surface area contributed by atoms with Crippen LogP contribution in [0.15, 0.2) is 46.9 Å². The van der Waals surface area contributed by atoms with Crippen LogP contribution < -0.4 is 5.32 Å². The molecule has 2 aromatic carbocycles. The van der Waals surface area contributed by atoms with E-state index < -0.39 is 0 Å². The van der Waals surface area contributed by atoms with Crippen molar-refractivity contribution in [2.24, 2.45) is 5.92 Å². The van der Waals surface area contributed by atoms with E-state index in [9.17, 15) is 4.39 Å². The van der Waals surface area contributed by atoms with Gasteiger partial charge in [-0.05, 0) is 64.9 Å². The molecule has 0 saturated heterocycles. The molecular weight excluding hydrogens is 317 g/mol. The van der Waals surface area contributed by atoms with Gasteiger partial charge in [-0.15, -0.1) is 0 Å². The van der Waals surface area contributed by atoms with Crippen molar-refractivity contribution in [1.82, 2.24) is 0 Å². The third-order valence-electron chi connectivity index (χ3n) is 3.83. The van der Waals surface area contributed by atoms with E-state index in [0.717, 1.165) is 11.3 Å². The fourth-order valence-corrected chi connectivity index (χ4v) is 2.88. The average molecular weight is 334 g/mol. The van der Waals surface area contributed by atoms with Gasteiger partial charge >= 0.3 is 0 Å². The molecule has 1 aliphatic rings. The molecular formula is C17H17BrFN. The van der Waals surface area contributed by atoms with Crippen LogP contribution in [-0.4, -0.2) is 0 Å². The summed E-state index contributed by atoms with van der Waals surface area (Å²) in [5.74, 6) is 0.469. The molecule has 3 heteroatoms. The number of anilines is 1. The normalized spacial score (nSPS) is 15.9. The summed E-state index contributed by atoms with van der Waals surface area (Å²) in [6.45, 7) is 1.94. The Labute approximate surface area is 127 Å². The lowest BCUT2D eigenvalue weighted by Crippen LogP contribution is -2.13. The van der Waals surface area contributed by atoms with Gasteiger partial charge in [0.25, 0.3) is 0 Å². The Kier molecular flexibility index (Phi) is 3.79. The first-order chi connectivity index (χ1) is 9.65. The van der Waals surface area contributed by atoms with Crippen molar-refractivity contribution in [3.63, 3.8) is 0 Å². The summed E-state index contributed by atoms with van der Waals surface area (Å²) in [5.41, 5.74) is 3.24. The van der Waals surface area contributed by atoms with Crippen LogP contribution in [-0.2, 0) is 0 Å². The highest BCUT2D eigenvalue weighted by molar-refractivity contribution is 9.10. The molecule has 20 heavy (non-hydrogen) atoms. The Bertz CT molecular complexity index is 608. The van der Waals surface area contributed by atoms with Gasteiger partial charge in [0.1, 0.15) is 5.82 Å². The van der Waals surface area contributed by atoms with Crippen molar-refractivity contribution in [2.45, 2.75) is 25.8 Å². The first kappa shape index (κ1) is 13.6. The zero-order chi connectivity index (χ0) is 14.1. The van der Waals surface area contributed by atoms with Crippen LogP contribution in [0.2, 0.25) is 0 Å². The van der Waals surface area contributed by atoms with Gasteiger partial charge in [0, 0.05) is 5.69 Å². The molecule has 1 saturated carbocycles. The van der Waals surface area contributed by atoms with Gasteiger partial charge < -0.3 is 5.32 Å². The number of aryl methyl sites for hydroxylation is 1. The fraction of sp³-hybridized carbons (Fsp3) is 0.294. The molecule has 0 amide bonds. The van der Waals surface area contributed by atoms with Crippen LogP contribution in [0.25, 0.3) is 0 Å². The first-order valence-corrected chi connectivity index (χ1v) is 7.71. The van der Waals surface area contributed by atoms with Gasteiger partial charge in [-0.2, -0.15) is 0 Å². The highest BCUT2D eigenvalue weighted by atomic mass is 79.9. The van der Waals surface area contributed by atoms with Crippen molar-refractivity contribution in [3.8, 4) is 0 Å². The highest BCUT2D eigenvalue weighted by Crippen LogP contribution is 2.43. The summed E-state index contributed by atoms with van der Waals surface area (Å²) in [7, 11) is 0. The molecule has 0 aromatic heterocycles. The van der Waals surface area contributed by atoms with Gasteiger partial charge in [-0.1, -0.05) is 30.3 Å². The Balaban J connectivity index is 1.89. The Morgan fingerprint density at radius 2 is 1.90 bits per heavy atom. The molecule has 0 bridgehead atoms. The Hall–Kier alpha value is -1.35. The highest BCUT2D eigenvalue weighted by Gasteiger charge is 2.32. The lowest BCUT2D eigenvalue weighted by Gasteiger charge is -2.22. The number of hydrogen-bond acceptors (Lipinski definition) is 1. The SMILES string of the molecule is Cc1cc(F)c(Br)cc1NC(c1ccccc1)C1CC1. The molecule has 104 valence electrons. The molecule has 0 heterocycles. The van der Waals surface area contributed by atoms with Crippen LogP contribution in [0.4, 0.5) is 10.1 Å². The maximum atomic E-state index is 13.5. The Morgan fingerprint density at radius 1 is 1.20 bits per heavy atom. The molecule has 1 atom stereocenters. The van der Waals surface area contributed by atoms with Crippen molar-refractivity contribution >= 4 is 21.6 Å². The minimum atomic E-state index is -0.212. The third-order valence-corrected chi connectivity index (χ3v) is 4.44. The van der Waals surface area contributed by atoms with E-state index in [4.69, 9.17) is 0 Å². The predicted octanol–water partition coefficient (Wildman–Crippen LogP) is 5.46. The molecule has 0 radical (unpaired) electrons. The molecule has 1 nitrogen and oxygen atoms in total. The summed E-state index contributed by atoms with van der Waals surface area (Å²) < 4.78 is 14.0. The second-order valence-electron chi connectivity index (χ2n) is 5.45. The van der Waals surface area contributed by atoms with Gasteiger partial charge in [0.15, 0.2) is 0 Å². The van der Waals surface area contributed by atoms with Crippen LogP contribution in [0.5, 0.6) is 0 Å². The zero-order valence-corrected chi connectivity index (χ0v) is 13.0. The summed E-state index contributed by atoms with van der Waals surface area (Å²) >= 11 is 3.26. The molecule has 3 rings (SSSR count). The summed E-state index contributed by atoms with van der Waals surface area (Å²) in [4.78, 5) is 0. The summed E-state index contributed by atoms with van der Waals surface area (Å²) in [6, 6.07) is 14.2. The number of halogens is 2. The van der Waals surface area contributed by atoms with E-state index in [1.807, 2.05) is 19.1 Å². The first-order valence-electron chi connectivity index (χ1n) is 6.92. The molecule has 2 aromatic rings. The van der Waals surface area contributed by atoms with E-state index in [-0.39, 0.29) is 5.82 Å². The molecule has 1 fully saturated rings. The van der Waals surface area contributed by atoms with Crippen molar-refractivity contribution in [3.05, 3.63) is 63.9 Å². The zero-order valence-electron chi connectivity index (χ0n) is 11.4. The number of nitrogens with one attached hydrogen (secondary N) is 1. The second-order valence-corrected chi connectivity index (χ2v) is 6.31. The van der Waals surface area contributed by atoms with Crippen LogP contribution in [0, 0.1) is 18.7 Å². The third kappa shape index (κ3) is 2.88. The number of hydrogen-bond donors (Lipinski definition) is 1. The van der Waals surface area contributed by atoms with Crippen molar-refractivity contribution in [1.29, 1.82) is 0 Å². The molecule has 1 unspecified atom stereocenters. The van der Waals surface area contributed by atoms with Crippen LogP contribution >= 0.6 is 15.9 Å². The van der Waals surface area contributed by atoms with Gasteiger partial charge in [0.2, 0.25) is 0 Å². The Morgan fingerprint density at radius 3 is 2.55 bits per heavy atom. The van der Waals surface area contributed by atoms with E-state index in [2.05, 4.69) is 45.5 Å². The van der Waals surface area contributed by atoms with Gasteiger partial charge in [-0.25, -0.2) is 4.39 Å². The van der Waals surface area contributed by atoms with E-state index >= 15 is 0 Å².